The second-order valence-corrected chi connectivity index (χ2v) is 4.47. The van der Waals surface area contributed by atoms with Gasteiger partial charge in [-0.15, -0.1) is 0 Å². The van der Waals surface area contributed by atoms with Gasteiger partial charge in [-0.1, -0.05) is 45.7 Å². The topological polar surface area (TPSA) is 23.5 Å². The first-order valence-electron chi connectivity index (χ1n) is 4.26. The molecule has 0 radical (unpaired) electrons. The number of likely N-dealkylation sites (N-methyl/N-ethyl adjacent to an activating group) is 1. The van der Waals surface area contributed by atoms with Gasteiger partial charge in [0.1, 0.15) is 0 Å². The van der Waals surface area contributed by atoms with E-state index < -0.39 is 0 Å². The van der Waals surface area contributed by atoms with Gasteiger partial charge in [0.25, 0.3) is 0 Å². The SMILES string of the molecule is CCN(CC)C(CO)C(Br)CBr. The number of hydrogen-bond acceptors (Lipinski definition) is 2. The van der Waals surface area contributed by atoms with Crippen molar-refractivity contribution in [1.29, 1.82) is 0 Å². The van der Waals surface area contributed by atoms with Crippen molar-refractivity contribution in [2.75, 3.05) is 25.0 Å². The smallest absolute Gasteiger partial charge is 0.0598 e. The minimum absolute atomic E-state index is 0.212. The Bertz CT molecular complexity index is 109. The maximum Gasteiger partial charge on any atom is 0.0598 e. The molecule has 0 rings (SSSR count). The third-order valence-electron chi connectivity index (χ3n) is 2.03. The average Bonchev–Trinajstić information content (AvgIpc) is 2.12. The lowest BCUT2D eigenvalue weighted by atomic mass is 10.2. The molecule has 4 heteroatoms. The molecule has 0 saturated carbocycles. The summed E-state index contributed by atoms with van der Waals surface area (Å²) in [5.74, 6) is 0. The van der Waals surface area contributed by atoms with Crippen LogP contribution in [0.4, 0.5) is 0 Å². The average molecular weight is 303 g/mol. The summed E-state index contributed by atoms with van der Waals surface area (Å²) < 4.78 is 0. The highest BCUT2D eigenvalue weighted by atomic mass is 79.9. The first-order valence-corrected chi connectivity index (χ1v) is 6.29. The number of alkyl halides is 2. The Labute approximate surface area is 91.6 Å². The van der Waals surface area contributed by atoms with E-state index in [1.54, 1.807) is 0 Å². The van der Waals surface area contributed by atoms with Crippen molar-refractivity contribution >= 4 is 31.9 Å². The number of hydrogen-bond donors (Lipinski definition) is 1. The van der Waals surface area contributed by atoms with Gasteiger partial charge in [0.2, 0.25) is 0 Å². The van der Waals surface area contributed by atoms with Crippen LogP contribution in [0, 0.1) is 0 Å². The molecule has 1 N–H and O–H groups in total. The summed E-state index contributed by atoms with van der Waals surface area (Å²) in [5.41, 5.74) is 0. The van der Waals surface area contributed by atoms with E-state index in [1.165, 1.54) is 0 Å². The van der Waals surface area contributed by atoms with Crippen LogP contribution in [0.5, 0.6) is 0 Å². The van der Waals surface area contributed by atoms with Crippen LogP contribution in [-0.2, 0) is 0 Å². The second-order valence-electron chi connectivity index (χ2n) is 2.64. The molecule has 2 nitrogen and oxygen atoms in total. The van der Waals surface area contributed by atoms with E-state index in [4.69, 9.17) is 5.11 Å². The minimum Gasteiger partial charge on any atom is -0.395 e. The molecule has 0 saturated heterocycles. The molecule has 0 aliphatic heterocycles. The van der Waals surface area contributed by atoms with Crippen LogP contribution in [0.15, 0.2) is 0 Å². The van der Waals surface area contributed by atoms with Gasteiger partial charge in [-0.3, -0.25) is 4.90 Å². The van der Waals surface area contributed by atoms with Crippen LogP contribution in [0.3, 0.4) is 0 Å². The van der Waals surface area contributed by atoms with E-state index in [-0.39, 0.29) is 12.6 Å². The van der Waals surface area contributed by atoms with Crippen molar-refractivity contribution in [3.05, 3.63) is 0 Å². The normalized spacial score (nSPS) is 16.5. The minimum atomic E-state index is 0.212. The molecule has 0 aliphatic carbocycles. The highest BCUT2D eigenvalue weighted by Crippen LogP contribution is 2.14. The van der Waals surface area contributed by atoms with Gasteiger partial charge in [-0.05, 0) is 13.1 Å². The van der Waals surface area contributed by atoms with Gasteiger partial charge in [0.15, 0.2) is 0 Å². The lowest BCUT2D eigenvalue weighted by Crippen LogP contribution is -2.44. The maximum atomic E-state index is 9.17. The Hall–Kier alpha value is 0.880. The third-order valence-corrected chi connectivity index (χ3v) is 4.53. The lowest BCUT2D eigenvalue weighted by molar-refractivity contribution is 0.136. The van der Waals surface area contributed by atoms with Gasteiger partial charge < -0.3 is 5.11 Å². The zero-order valence-corrected chi connectivity index (χ0v) is 10.8. The molecule has 0 aromatic rings. The van der Waals surface area contributed by atoms with E-state index in [0.29, 0.717) is 4.83 Å². The molecule has 0 fully saturated rings. The second kappa shape index (κ2) is 7.30. The summed E-state index contributed by atoms with van der Waals surface area (Å²) in [6.45, 7) is 6.40. The number of aliphatic hydroxyl groups is 1. The zero-order valence-electron chi connectivity index (χ0n) is 7.63. The molecular weight excluding hydrogens is 286 g/mol. The van der Waals surface area contributed by atoms with E-state index in [0.717, 1.165) is 18.4 Å². The van der Waals surface area contributed by atoms with Crippen LogP contribution in [0.25, 0.3) is 0 Å². The summed E-state index contributed by atoms with van der Waals surface area (Å²) in [6.07, 6.45) is 0. The molecular formula is C8H17Br2NO. The van der Waals surface area contributed by atoms with Gasteiger partial charge in [0.05, 0.1) is 6.61 Å². The number of halogens is 2. The monoisotopic (exact) mass is 301 g/mol. The third kappa shape index (κ3) is 3.73. The summed E-state index contributed by atoms with van der Waals surface area (Å²) in [7, 11) is 0. The van der Waals surface area contributed by atoms with Crippen LogP contribution >= 0.6 is 31.9 Å². The fraction of sp³-hybridized carbons (Fsp3) is 1.00. The van der Waals surface area contributed by atoms with Crippen molar-refractivity contribution in [2.24, 2.45) is 0 Å². The van der Waals surface area contributed by atoms with Crippen molar-refractivity contribution in [3.63, 3.8) is 0 Å². The Morgan fingerprint density at radius 3 is 2.08 bits per heavy atom. The first-order chi connectivity index (χ1) is 5.71. The van der Waals surface area contributed by atoms with Crippen molar-refractivity contribution in [1.82, 2.24) is 4.90 Å². The van der Waals surface area contributed by atoms with Crippen LogP contribution < -0.4 is 0 Å². The van der Waals surface area contributed by atoms with E-state index in [9.17, 15) is 0 Å². The van der Waals surface area contributed by atoms with Crippen LogP contribution in [0.1, 0.15) is 13.8 Å². The number of nitrogens with zero attached hydrogens (tertiary/aromatic N) is 1. The molecule has 0 aliphatic rings. The molecule has 2 unspecified atom stereocenters. The van der Waals surface area contributed by atoms with Gasteiger partial charge in [-0.2, -0.15) is 0 Å². The molecule has 0 heterocycles. The van der Waals surface area contributed by atoms with Gasteiger partial charge in [0, 0.05) is 16.2 Å². The summed E-state index contributed by atoms with van der Waals surface area (Å²) in [5, 5.41) is 10.0. The highest BCUT2D eigenvalue weighted by Gasteiger charge is 2.21. The molecule has 0 aromatic heterocycles. The Morgan fingerprint density at radius 1 is 1.33 bits per heavy atom. The van der Waals surface area contributed by atoms with Crippen LogP contribution in [0.2, 0.25) is 0 Å². The van der Waals surface area contributed by atoms with E-state index >= 15 is 0 Å². The van der Waals surface area contributed by atoms with E-state index in [2.05, 4.69) is 50.6 Å². The Kier molecular flexibility index (Phi) is 7.83. The summed E-state index contributed by atoms with van der Waals surface area (Å²) in [6, 6.07) is 0.222. The van der Waals surface area contributed by atoms with Crippen molar-refractivity contribution < 1.29 is 5.11 Å². The predicted octanol–water partition coefficient (Wildman–Crippen LogP) is 1.85. The molecule has 2 atom stereocenters. The number of rotatable bonds is 6. The Morgan fingerprint density at radius 2 is 1.83 bits per heavy atom. The van der Waals surface area contributed by atoms with Crippen molar-refractivity contribution in [2.45, 2.75) is 24.7 Å². The lowest BCUT2D eigenvalue weighted by Gasteiger charge is -2.30. The molecule has 0 bridgehead atoms. The quantitative estimate of drug-likeness (QED) is 0.757. The highest BCUT2D eigenvalue weighted by molar-refractivity contribution is 9.12. The standard InChI is InChI=1S/C8H17Br2NO/c1-3-11(4-2)8(6-12)7(10)5-9/h7-8,12H,3-6H2,1-2H3. The zero-order chi connectivity index (χ0) is 9.56. The van der Waals surface area contributed by atoms with E-state index in [1.807, 2.05) is 0 Å². The Balaban J connectivity index is 4.09. The maximum absolute atomic E-state index is 9.17. The predicted molar refractivity (Wildman–Crippen MR) is 60.3 cm³/mol. The molecule has 0 spiro atoms. The summed E-state index contributed by atoms with van der Waals surface area (Å²) in [4.78, 5) is 2.57. The fourth-order valence-corrected chi connectivity index (χ4v) is 2.19. The first kappa shape index (κ1) is 12.9. The molecule has 0 aromatic carbocycles. The molecule has 74 valence electrons. The van der Waals surface area contributed by atoms with Gasteiger partial charge in [-0.25, -0.2) is 0 Å². The van der Waals surface area contributed by atoms with Gasteiger partial charge >= 0.3 is 0 Å². The fourth-order valence-electron chi connectivity index (χ4n) is 1.25. The number of aliphatic hydroxyl groups excluding tert-OH is 1. The molecule has 0 amide bonds. The summed E-state index contributed by atoms with van der Waals surface area (Å²) >= 11 is 6.94. The largest absolute Gasteiger partial charge is 0.395 e. The van der Waals surface area contributed by atoms with Crippen molar-refractivity contribution in [3.8, 4) is 0 Å². The molecule has 12 heavy (non-hydrogen) atoms. The van der Waals surface area contributed by atoms with Crippen LogP contribution in [-0.4, -0.2) is 45.9 Å².